The van der Waals surface area contributed by atoms with Gasteiger partial charge in [0, 0.05) is 5.69 Å². The maximum atomic E-state index is 4.96. The highest BCUT2D eigenvalue weighted by Gasteiger charge is 2.17. The van der Waals surface area contributed by atoms with Crippen molar-refractivity contribution in [3.05, 3.63) is 17.0 Å². The van der Waals surface area contributed by atoms with Gasteiger partial charge in [0.1, 0.15) is 6.61 Å². The Morgan fingerprint density at radius 2 is 2.45 bits per heavy atom. The second-order valence-electron chi connectivity index (χ2n) is 2.79. The molecule has 0 atom stereocenters. The molecule has 1 aromatic rings. The van der Waals surface area contributed by atoms with Crippen LogP contribution in [0.1, 0.15) is 23.4 Å². The van der Waals surface area contributed by atoms with Gasteiger partial charge < -0.3 is 0 Å². The second kappa shape index (κ2) is 2.64. The maximum Gasteiger partial charge on any atom is 0.112 e. The van der Waals surface area contributed by atoms with Gasteiger partial charge in [-0.3, -0.25) is 9.94 Å². The molecule has 60 valence electrons. The number of aromatic nitrogens is 2. The van der Waals surface area contributed by atoms with Crippen LogP contribution in [0.5, 0.6) is 0 Å². The SMILES string of the molecule is NOCc1n[nH]c2c1CCC2. The Hall–Kier alpha value is -0.870. The number of nitrogens with one attached hydrogen (secondary N) is 1. The molecule has 0 aliphatic heterocycles. The van der Waals surface area contributed by atoms with Crippen LogP contribution < -0.4 is 5.90 Å². The fourth-order valence-electron chi connectivity index (χ4n) is 1.59. The lowest BCUT2D eigenvalue weighted by Gasteiger charge is -1.94. The molecule has 0 amide bonds. The minimum absolute atomic E-state index is 0.422. The lowest BCUT2D eigenvalue weighted by atomic mass is 10.2. The van der Waals surface area contributed by atoms with Crippen molar-refractivity contribution in [1.82, 2.24) is 10.2 Å². The molecule has 0 unspecified atom stereocenters. The van der Waals surface area contributed by atoms with Gasteiger partial charge in [0.05, 0.1) is 5.69 Å². The van der Waals surface area contributed by atoms with E-state index >= 15 is 0 Å². The number of rotatable bonds is 2. The number of H-pyrrole nitrogens is 1. The van der Waals surface area contributed by atoms with Crippen molar-refractivity contribution in [2.75, 3.05) is 0 Å². The van der Waals surface area contributed by atoms with Crippen molar-refractivity contribution < 1.29 is 4.84 Å². The number of hydrogen-bond acceptors (Lipinski definition) is 3. The first-order valence-electron chi connectivity index (χ1n) is 3.78. The molecule has 2 rings (SSSR count). The molecule has 0 bridgehead atoms. The maximum absolute atomic E-state index is 4.96. The van der Waals surface area contributed by atoms with Gasteiger partial charge >= 0.3 is 0 Å². The third kappa shape index (κ3) is 1.04. The lowest BCUT2D eigenvalue weighted by Crippen LogP contribution is -2.01. The molecular weight excluding hydrogens is 142 g/mol. The Morgan fingerprint density at radius 1 is 1.55 bits per heavy atom. The van der Waals surface area contributed by atoms with E-state index < -0.39 is 0 Å². The van der Waals surface area contributed by atoms with Crippen LogP contribution in [0, 0.1) is 0 Å². The Bertz CT molecular complexity index is 256. The molecular formula is C7H11N3O. The first kappa shape index (κ1) is 6.82. The Labute approximate surface area is 64.7 Å². The van der Waals surface area contributed by atoms with Crippen molar-refractivity contribution in [3.8, 4) is 0 Å². The Morgan fingerprint density at radius 3 is 3.27 bits per heavy atom. The van der Waals surface area contributed by atoms with Gasteiger partial charge in [-0.2, -0.15) is 5.10 Å². The summed E-state index contributed by atoms with van der Waals surface area (Å²) in [5.41, 5.74) is 3.55. The molecule has 3 N–H and O–H groups in total. The molecule has 1 aliphatic carbocycles. The van der Waals surface area contributed by atoms with E-state index in [0.717, 1.165) is 18.5 Å². The van der Waals surface area contributed by atoms with Crippen LogP contribution in [0.2, 0.25) is 0 Å². The summed E-state index contributed by atoms with van der Waals surface area (Å²) >= 11 is 0. The Balaban J connectivity index is 2.27. The van der Waals surface area contributed by atoms with Crippen LogP contribution in [-0.4, -0.2) is 10.2 Å². The van der Waals surface area contributed by atoms with Crippen molar-refractivity contribution in [3.63, 3.8) is 0 Å². The van der Waals surface area contributed by atoms with Crippen molar-refractivity contribution in [2.45, 2.75) is 25.9 Å². The molecule has 1 aromatic heterocycles. The number of aryl methyl sites for hydroxylation is 1. The number of nitrogens with two attached hydrogens (primary N) is 1. The first-order chi connectivity index (χ1) is 5.42. The summed E-state index contributed by atoms with van der Waals surface area (Å²) in [6, 6.07) is 0. The standard InChI is InChI=1S/C7H11N3O/c8-11-4-7-5-2-1-3-6(5)9-10-7/h1-4,8H2,(H,9,10). The molecule has 11 heavy (non-hydrogen) atoms. The van der Waals surface area contributed by atoms with Gasteiger partial charge in [-0.15, -0.1) is 0 Å². The summed E-state index contributed by atoms with van der Waals surface area (Å²) in [5.74, 6) is 4.96. The summed E-state index contributed by atoms with van der Waals surface area (Å²) in [7, 11) is 0. The van der Waals surface area contributed by atoms with E-state index in [1.807, 2.05) is 0 Å². The molecule has 1 aliphatic rings. The fraction of sp³-hybridized carbons (Fsp3) is 0.571. The zero-order chi connectivity index (χ0) is 7.68. The highest BCUT2D eigenvalue weighted by atomic mass is 16.6. The smallest absolute Gasteiger partial charge is 0.112 e. The summed E-state index contributed by atoms with van der Waals surface area (Å²) in [4.78, 5) is 4.53. The number of nitrogens with zero attached hydrogens (tertiary/aromatic N) is 1. The number of aromatic amines is 1. The number of fused-ring (bicyclic) bond motifs is 1. The van der Waals surface area contributed by atoms with E-state index in [0.29, 0.717) is 6.61 Å². The first-order valence-corrected chi connectivity index (χ1v) is 3.78. The largest absolute Gasteiger partial charge is 0.298 e. The van der Waals surface area contributed by atoms with Gasteiger partial charge in [0.25, 0.3) is 0 Å². The lowest BCUT2D eigenvalue weighted by molar-refractivity contribution is 0.120. The zero-order valence-electron chi connectivity index (χ0n) is 6.26. The topological polar surface area (TPSA) is 63.9 Å². The van der Waals surface area contributed by atoms with Crippen molar-refractivity contribution >= 4 is 0 Å². The molecule has 0 spiro atoms. The van der Waals surface area contributed by atoms with Crippen LogP contribution >= 0.6 is 0 Å². The summed E-state index contributed by atoms with van der Waals surface area (Å²) < 4.78 is 0. The van der Waals surface area contributed by atoms with Crippen LogP contribution in [0.15, 0.2) is 0 Å². The summed E-state index contributed by atoms with van der Waals surface area (Å²) in [6.45, 7) is 0.422. The molecule has 0 saturated heterocycles. The molecule has 0 fully saturated rings. The minimum atomic E-state index is 0.422. The number of hydrogen-bond donors (Lipinski definition) is 2. The van der Waals surface area contributed by atoms with Crippen LogP contribution in [0.3, 0.4) is 0 Å². The zero-order valence-corrected chi connectivity index (χ0v) is 6.26. The highest BCUT2D eigenvalue weighted by Crippen LogP contribution is 2.22. The summed E-state index contributed by atoms with van der Waals surface area (Å²) in [5, 5.41) is 7.08. The molecule has 0 aromatic carbocycles. The quantitative estimate of drug-likeness (QED) is 0.600. The molecule has 0 saturated carbocycles. The van der Waals surface area contributed by atoms with Gasteiger partial charge in [0.2, 0.25) is 0 Å². The normalized spacial score (nSPS) is 15.4. The van der Waals surface area contributed by atoms with Crippen LogP contribution in [0.4, 0.5) is 0 Å². The third-order valence-corrected chi connectivity index (χ3v) is 2.11. The van der Waals surface area contributed by atoms with Gasteiger partial charge in [-0.1, -0.05) is 0 Å². The average Bonchev–Trinajstić information content (AvgIpc) is 2.53. The monoisotopic (exact) mass is 153 g/mol. The highest BCUT2D eigenvalue weighted by molar-refractivity contribution is 5.28. The molecule has 4 heteroatoms. The van der Waals surface area contributed by atoms with Gasteiger partial charge in [-0.25, -0.2) is 5.90 Å². The third-order valence-electron chi connectivity index (χ3n) is 2.11. The molecule has 1 heterocycles. The minimum Gasteiger partial charge on any atom is -0.298 e. The second-order valence-corrected chi connectivity index (χ2v) is 2.79. The molecule has 0 radical (unpaired) electrons. The predicted molar refractivity (Wildman–Crippen MR) is 39.6 cm³/mol. The molecule has 4 nitrogen and oxygen atoms in total. The summed E-state index contributed by atoms with van der Waals surface area (Å²) in [6.07, 6.45) is 3.46. The van der Waals surface area contributed by atoms with E-state index in [1.54, 1.807) is 0 Å². The van der Waals surface area contributed by atoms with Crippen molar-refractivity contribution in [1.29, 1.82) is 0 Å². The Kier molecular flexibility index (Phi) is 1.63. The predicted octanol–water partition coefficient (Wildman–Crippen LogP) is 0.289. The van der Waals surface area contributed by atoms with E-state index in [4.69, 9.17) is 5.90 Å². The van der Waals surface area contributed by atoms with Gasteiger partial charge in [0.15, 0.2) is 0 Å². The van der Waals surface area contributed by atoms with Crippen LogP contribution in [0.25, 0.3) is 0 Å². The van der Waals surface area contributed by atoms with Crippen LogP contribution in [-0.2, 0) is 24.3 Å². The van der Waals surface area contributed by atoms with E-state index in [1.165, 1.54) is 17.7 Å². The van der Waals surface area contributed by atoms with Crippen molar-refractivity contribution in [2.24, 2.45) is 5.90 Å². The van der Waals surface area contributed by atoms with E-state index in [-0.39, 0.29) is 0 Å². The average molecular weight is 153 g/mol. The van der Waals surface area contributed by atoms with Gasteiger partial charge in [-0.05, 0) is 24.8 Å². The fourth-order valence-corrected chi connectivity index (χ4v) is 1.59. The van der Waals surface area contributed by atoms with E-state index in [9.17, 15) is 0 Å². The van der Waals surface area contributed by atoms with E-state index in [2.05, 4.69) is 15.0 Å².